The van der Waals surface area contributed by atoms with Gasteiger partial charge in [0.15, 0.2) is 0 Å². The number of hydrogen-bond donors (Lipinski definition) is 2. The van der Waals surface area contributed by atoms with Gasteiger partial charge in [-0.25, -0.2) is 4.39 Å². The normalized spacial score (nSPS) is 16.5. The summed E-state index contributed by atoms with van der Waals surface area (Å²) in [4.78, 5) is 36.5. The van der Waals surface area contributed by atoms with E-state index in [0.29, 0.717) is 31.5 Å². The minimum Gasteiger partial charge on any atom is -0.481 e. The van der Waals surface area contributed by atoms with Crippen molar-refractivity contribution in [3.05, 3.63) is 35.6 Å². The molecule has 0 unspecified atom stereocenters. The van der Waals surface area contributed by atoms with E-state index in [2.05, 4.69) is 5.32 Å². The lowest BCUT2D eigenvalue weighted by molar-refractivity contribution is -0.138. The van der Waals surface area contributed by atoms with Gasteiger partial charge in [-0.1, -0.05) is 12.1 Å². The van der Waals surface area contributed by atoms with Gasteiger partial charge in [-0.3, -0.25) is 14.4 Å². The number of benzene rings is 1. The quantitative estimate of drug-likeness (QED) is 0.857. The SMILES string of the molecule is CC(=O)N1CCC(C(=O)N[C@H](CC(=O)O)c2ccc(F)cc2)CC1. The number of carbonyl (C=O) groups excluding carboxylic acids is 2. The second-order valence-corrected chi connectivity index (χ2v) is 5.99. The van der Waals surface area contributed by atoms with E-state index in [0.717, 1.165) is 0 Å². The molecule has 0 bridgehead atoms. The summed E-state index contributed by atoms with van der Waals surface area (Å²) in [5, 5.41) is 11.8. The maximum Gasteiger partial charge on any atom is 0.305 e. The van der Waals surface area contributed by atoms with Crippen LogP contribution in [-0.4, -0.2) is 40.9 Å². The fourth-order valence-corrected chi connectivity index (χ4v) is 2.87. The van der Waals surface area contributed by atoms with Crippen LogP contribution in [0.3, 0.4) is 0 Å². The van der Waals surface area contributed by atoms with Gasteiger partial charge in [0, 0.05) is 25.9 Å². The Bertz CT molecular complexity index is 610. The fourth-order valence-electron chi connectivity index (χ4n) is 2.87. The minimum atomic E-state index is -1.05. The Balaban J connectivity index is 2.01. The van der Waals surface area contributed by atoms with E-state index in [9.17, 15) is 18.8 Å². The number of rotatable bonds is 5. The lowest BCUT2D eigenvalue weighted by Gasteiger charge is -2.31. The summed E-state index contributed by atoms with van der Waals surface area (Å²) in [6.07, 6.45) is 0.826. The highest BCUT2D eigenvalue weighted by atomic mass is 19.1. The Hall–Kier alpha value is -2.44. The molecule has 2 rings (SSSR count). The number of carboxylic acids is 1. The van der Waals surface area contributed by atoms with E-state index in [1.807, 2.05) is 0 Å². The zero-order valence-corrected chi connectivity index (χ0v) is 13.5. The van der Waals surface area contributed by atoms with Crippen molar-refractivity contribution in [1.29, 1.82) is 0 Å². The molecule has 1 aromatic carbocycles. The third-order valence-electron chi connectivity index (χ3n) is 4.28. The summed E-state index contributed by atoms with van der Waals surface area (Å²) >= 11 is 0. The molecule has 130 valence electrons. The van der Waals surface area contributed by atoms with E-state index in [-0.39, 0.29) is 24.2 Å². The third kappa shape index (κ3) is 4.78. The molecule has 7 heteroatoms. The molecule has 2 amide bonds. The van der Waals surface area contributed by atoms with Gasteiger partial charge in [0.25, 0.3) is 0 Å². The molecule has 0 saturated carbocycles. The highest BCUT2D eigenvalue weighted by Gasteiger charge is 2.28. The summed E-state index contributed by atoms with van der Waals surface area (Å²) in [5.41, 5.74) is 0.549. The lowest BCUT2D eigenvalue weighted by Crippen LogP contribution is -2.43. The van der Waals surface area contributed by atoms with Crippen molar-refractivity contribution in [3.63, 3.8) is 0 Å². The molecule has 1 atom stereocenters. The summed E-state index contributed by atoms with van der Waals surface area (Å²) < 4.78 is 13.0. The average Bonchev–Trinajstić information content (AvgIpc) is 2.54. The monoisotopic (exact) mass is 336 g/mol. The molecule has 1 aromatic rings. The van der Waals surface area contributed by atoms with Crippen LogP contribution in [0.2, 0.25) is 0 Å². The molecule has 0 aliphatic carbocycles. The molecule has 6 nitrogen and oxygen atoms in total. The molecule has 1 heterocycles. The first-order valence-electron chi connectivity index (χ1n) is 7.90. The van der Waals surface area contributed by atoms with Gasteiger partial charge in [0.05, 0.1) is 12.5 Å². The Morgan fingerprint density at radius 1 is 1.25 bits per heavy atom. The summed E-state index contributed by atoms with van der Waals surface area (Å²) in [7, 11) is 0. The topological polar surface area (TPSA) is 86.7 Å². The molecule has 1 aliphatic heterocycles. The number of carbonyl (C=O) groups is 3. The van der Waals surface area contributed by atoms with Crippen LogP contribution in [0.1, 0.15) is 37.8 Å². The highest BCUT2D eigenvalue weighted by molar-refractivity contribution is 5.80. The predicted molar refractivity (Wildman–Crippen MR) is 84.5 cm³/mol. The first kappa shape index (κ1) is 17.9. The van der Waals surface area contributed by atoms with Crippen molar-refractivity contribution in [1.82, 2.24) is 10.2 Å². The van der Waals surface area contributed by atoms with Gasteiger partial charge in [0.2, 0.25) is 11.8 Å². The first-order chi connectivity index (χ1) is 11.4. The van der Waals surface area contributed by atoms with E-state index in [1.54, 1.807) is 4.90 Å². The summed E-state index contributed by atoms with van der Waals surface area (Å²) in [5.74, 6) is -1.96. The number of amides is 2. The average molecular weight is 336 g/mol. The zero-order valence-electron chi connectivity index (χ0n) is 13.5. The number of carboxylic acid groups (broad SMARTS) is 1. The zero-order chi connectivity index (χ0) is 17.7. The molecule has 0 spiro atoms. The molecule has 1 aliphatic rings. The number of likely N-dealkylation sites (tertiary alicyclic amines) is 1. The van der Waals surface area contributed by atoms with Crippen molar-refractivity contribution < 1.29 is 23.9 Å². The number of halogens is 1. The van der Waals surface area contributed by atoms with Crippen LogP contribution in [0.15, 0.2) is 24.3 Å². The standard InChI is InChI=1S/C17H21FN2O4/c1-11(21)20-8-6-13(7-9-20)17(24)19-15(10-16(22)23)12-2-4-14(18)5-3-12/h2-5,13,15H,6-10H2,1H3,(H,19,24)(H,22,23)/t15-/m1/s1. The van der Waals surface area contributed by atoms with Crippen molar-refractivity contribution >= 4 is 17.8 Å². The van der Waals surface area contributed by atoms with Crippen LogP contribution < -0.4 is 5.32 Å². The van der Waals surface area contributed by atoms with Crippen LogP contribution in [0.4, 0.5) is 4.39 Å². The number of hydrogen-bond acceptors (Lipinski definition) is 3. The smallest absolute Gasteiger partial charge is 0.305 e. The summed E-state index contributed by atoms with van der Waals surface area (Å²) in [6, 6.07) is 4.72. The Labute approximate surface area is 139 Å². The van der Waals surface area contributed by atoms with Gasteiger partial charge in [-0.15, -0.1) is 0 Å². The Morgan fingerprint density at radius 2 is 1.83 bits per heavy atom. The second-order valence-electron chi connectivity index (χ2n) is 5.99. The van der Waals surface area contributed by atoms with E-state index < -0.39 is 17.8 Å². The van der Waals surface area contributed by atoms with Gasteiger partial charge in [-0.2, -0.15) is 0 Å². The molecule has 24 heavy (non-hydrogen) atoms. The summed E-state index contributed by atoms with van der Waals surface area (Å²) in [6.45, 7) is 2.54. The fraction of sp³-hybridized carbons (Fsp3) is 0.471. The maximum absolute atomic E-state index is 13.0. The molecule has 1 fully saturated rings. The highest BCUT2D eigenvalue weighted by Crippen LogP contribution is 2.22. The first-order valence-corrected chi connectivity index (χ1v) is 7.90. The number of aliphatic carboxylic acids is 1. The number of piperidine rings is 1. The van der Waals surface area contributed by atoms with Gasteiger partial charge in [0.1, 0.15) is 5.82 Å². The Morgan fingerprint density at radius 3 is 2.33 bits per heavy atom. The van der Waals surface area contributed by atoms with Crippen LogP contribution >= 0.6 is 0 Å². The minimum absolute atomic E-state index is 0.0103. The van der Waals surface area contributed by atoms with E-state index in [4.69, 9.17) is 5.11 Å². The third-order valence-corrected chi connectivity index (χ3v) is 4.28. The van der Waals surface area contributed by atoms with Crippen molar-refractivity contribution in [2.75, 3.05) is 13.1 Å². The molecular formula is C17H21FN2O4. The van der Waals surface area contributed by atoms with Crippen molar-refractivity contribution in [2.24, 2.45) is 5.92 Å². The molecule has 1 saturated heterocycles. The maximum atomic E-state index is 13.0. The molecule has 2 N–H and O–H groups in total. The molecule has 0 aromatic heterocycles. The second kappa shape index (κ2) is 7.90. The van der Waals surface area contributed by atoms with Crippen molar-refractivity contribution in [2.45, 2.75) is 32.2 Å². The van der Waals surface area contributed by atoms with Crippen LogP contribution in [0.25, 0.3) is 0 Å². The number of nitrogens with zero attached hydrogens (tertiary/aromatic N) is 1. The van der Waals surface area contributed by atoms with Gasteiger partial charge >= 0.3 is 5.97 Å². The van der Waals surface area contributed by atoms with Crippen LogP contribution in [0, 0.1) is 11.7 Å². The van der Waals surface area contributed by atoms with Gasteiger partial charge < -0.3 is 15.3 Å². The lowest BCUT2D eigenvalue weighted by atomic mass is 9.94. The van der Waals surface area contributed by atoms with E-state index >= 15 is 0 Å². The van der Waals surface area contributed by atoms with Crippen LogP contribution in [0.5, 0.6) is 0 Å². The predicted octanol–water partition coefficient (Wildman–Crippen LogP) is 1.72. The van der Waals surface area contributed by atoms with Crippen LogP contribution in [-0.2, 0) is 14.4 Å². The number of nitrogens with one attached hydrogen (secondary N) is 1. The van der Waals surface area contributed by atoms with Crippen molar-refractivity contribution in [3.8, 4) is 0 Å². The Kier molecular flexibility index (Phi) is 5.89. The molecule has 0 radical (unpaired) electrons. The van der Waals surface area contributed by atoms with Gasteiger partial charge in [-0.05, 0) is 30.5 Å². The largest absolute Gasteiger partial charge is 0.481 e. The van der Waals surface area contributed by atoms with E-state index in [1.165, 1.54) is 31.2 Å². The molecular weight excluding hydrogens is 315 g/mol.